The molecule has 0 aromatic heterocycles. The number of rotatable bonds is 6. The van der Waals surface area contributed by atoms with Gasteiger partial charge in [-0.15, -0.1) is 0 Å². The number of hydrogen-bond donors (Lipinski definition) is 2. The van der Waals surface area contributed by atoms with Crippen molar-refractivity contribution in [2.45, 2.75) is 57.0 Å². The maximum atomic E-state index is 12.7. The van der Waals surface area contributed by atoms with Crippen LogP contribution in [-0.2, 0) is 9.59 Å². The highest BCUT2D eigenvalue weighted by atomic mass is 16.5. The second kappa shape index (κ2) is 7.61. The summed E-state index contributed by atoms with van der Waals surface area (Å²) in [6, 6.07) is 6.91. The van der Waals surface area contributed by atoms with Crippen LogP contribution < -0.4 is 15.4 Å². The van der Waals surface area contributed by atoms with Gasteiger partial charge in [-0.25, -0.2) is 0 Å². The summed E-state index contributed by atoms with van der Waals surface area (Å²) >= 11 is 0. The first-order valence-corrected chi connectivity index (χ1v) is 10.4. The van der Waals surface area contributed by atoms with Gasteiger partial charge in [0.05, 0.1) is 7.11 Å². The lowest BCUT2D eigenvalue weighted by molar-refractivity contribution is -0.131. The molecule has 2 amide bonds. The Hall–Kier alpha value is -2.30. The van der Waals surface area contributed by atoms with E-state index >= 15 is 0 Å². The van der Waals surface area contributed by atoms with Crippen LogP contribution >= 0.6 is 0 Å². The van der Waals surface area contributed by atoms with Gasteiger partial charge in [-0.05, 0) is 87.0 Å². The summed E-state index contributed by atoms with van der Waals surface area (Å²) in [7, 11) is 1.62. The number of hydrogen-bond acceptors (Lipinski definition) is 3. The summed E-state index contributed by atoms with van der Waals surface area (Å²) in [4.78, 5) is 25.0. The van der Waals surface area contributed by atoms with Gasteiger partial charge in [-0.2, -0.15) is 0 Å². The molecule has 4 aliphatic carbocycles. The molecule has 0 unspecified atom stereocenters. The Kier molecular flexibility index (Phi) is 5.17. The summed E-state index contributed by atoms with van der Waals surface area (Å²) in [5.74, 6) is 2.80. The van der Waals surface area contributed by atoms with Crippen LogP contribution in [0.15, 0.2) is 30.3 Å². The standard InChI is InChI=1S/C23H30N2O3/c1-15(24-21(26)8-5-16-3-6-20(28-2)7-4-16)22(27)25-23-12-17-9-18(13-23)11-19(10-17)14-23/h3-8,15,17-19H,9-14H2,1-2H3,(H,24,26)(H,25,27)/b8-5+/t15-,17?,18?,19?,23?/m0/s1. The normalized spacial score (nSPS) is 31.6. The monoisotopic (exact) mass is 382 g/mol. The van der Waals surface area contributed by atoms with Crippen molar-refractivity contribution in [2.24, 2.45) is 17.8 Å². The molecule has 1 aromatic carbocycles. The fraction of sp³-hybridized carbons (Fsp3) is 0.565. The molecule has 4 aliphatic rings. The third-order valence-electron chi connectivity index (χ3n) is 6.72. The van der Waals surface area contributed by atoms with Crippen molar-refractivity contribution in [3.63, 3.8) is 0 Å². The SMILES string of the molecule is COc1ccc(/C=C/C(=O)N[C@@H](C)C(=O)NC23CC4CC(CC(C4)C2)C3)cc1. The largest absolute Gasteiger partial charge is 0.497 e. The second-order valence-corrected chi connectivity index (χ2v) is 9.02. The fourth-order valence-corrected chi connectivity index (χ4v) is 5.85. The first kappa shape index (κ1) is 19.0. The Bertz CT molecular complexity index is 733. The lowest BCUT2D eigenvalue weighted by Crippen LogP contribution is -2.62. The zero-order valence-electron chi connectivity index (χ0n) is 16.7. The zero-order valence-corrected chi connectivity index (χ0v) is 16.7. The number of ether oxygens (including phenoxy) is 1. The summed E-state index contributed by atoms with van der Waals surface area (Å²) in [6.07, 6.45) is 10.6. The molecule has 1 aromatic rings. The molecule has 0 heterocycles. The molecular weight excluding hydrogens is 352 g/mol. The highest BCUT2D eigenvalue weighted by molar-refractivity contribution is 5.95. The van der Waals surface area contributed by atoms with Crippen LogP contribution in [0.1, 0.15) is 51.0 Å². The molecule has 2 N–H and O–H groups in total. The third-order valence-corrected chi connectivity index (χ3v) is 6.72. The summed E-state index contributed by atoms with van der Waals surface area (Å²) in [5, 5.41) is 6.12. The number of methoxy groups -OCH3 is 1. The van der Waals surface area contributed by atoms with E-state index in [-0.39, 0.29) is 17.4 Å². The lowest BCUT2D eigenvalue weighted by Gasteiger charge is -2.57. The molecule has 0 aliphatic heterocycles. The van der Waals surface area contributed by atoms with Crippen LogP contribution in [0.5, 0.6) is 5.75 Å². The average molecular weight is 383 g/mol. The number of amides is 2. The molecule has 0 saturated heterocycles. The van der Waals surface area contributed by atoms with Gasteiger partial charge in [0.1, 0.15) is 11.8 Å². The minimum absolute atomic E-state index is 0.0241. The van der Waals surface area contributed by atoms with E-state index in [1.54, 1.807) is 20.1 Å². The quantitative estimate of drug-likeness (QED) is 0.742. The van der Waals surface area contributed by atoms with Crippen molar-refractivity contribution in [3.05, 3.63) is 35.9 Å². The predicted molar refractivity (Wildman–Crippen MR) is 109 cm³/mol. The summed E-state index contributed by atoms with van der Waals surface area (Å²) in [5.41, 5.74) is 0.880. The molecule has 4 bridgehead atoms. The fourth-order valence-electron chi connectivity index (χ4n) is 5.85. The molecular formula is C23H30N2O3. The van der Waals surface area contributed by atoms with Gasteiger partial charge in [-0.1, -0.05) is 12.1 Å². The highest BCUT2D eigenvalue weighted by Crippen LogP contribution is 2.55. The van der Waals surface area contributed by atoms with E-state index in [1.807, 2.05) is 24.3 Å². The highest BCUT2D eigenvalue weighted by Gasteiger charge is 2.51. The molecule has 4 fully saturated rings. The number of nitrogens with one attached hydrogen (secondary N) is 2. The molecule has 5 rings (SSSR count). The molecule has 28 heavy (non-hydrogen) atoms. The van der Waals surface area contributed by atoms with Gasteiger partial charge in [0.2, 0.25) is 11.8 Å². The maximum Gasteiger partial charge on any atom is 0.244 e. The molecule has 0 radical (unpaired) electrons. The minimum atomic E-state index is -0.541. The Morgan fingerprint density at radius 2 is 1.64 bits per heavy atom. The van der Waals surface area contributed by atoms with Crippen molar-refractivity contribution in [2.75, 3.05) is 7.11 Å². The van der Waals surface area contributed by atoms with Crippen LogP contribution in [-0.4, -0.2) is 30.5 Å². The van der Waals surface area contributed by atoms with Crippen LogP contribution in [0.25, 0.3) is 6.08 Å². The van der Waals surface area contributed by atoms with Crippen molar-refractivity contribution in [1.82, 2.24) is 10.6 Å². The van der Waals surface area contributed by atoms with Crippen LogP contribution in [0.4, 0.5) is 0 Å². The van der Waals surface area contributed by atoms with E-state index in [0.717, 1.165) is 48.3 Å². The van der Waals surface area contributed by atoms with Gasteiger partial charge in [0.15, 0.2) is 0 Å². The average Bonchev–Trinajstić information content (AvgIpc) is 2.65. The van der Waals surface area contributed by atoms with E-state index < -0.39 is 6.04 Å². The molecule has 5 nitrogen and oxygen atoms in total. The predicted octanol–water partition coefficient (Wildman–Crippen LogP) is 3.30. The molecule has 0 spiro atoms. The van der Waals surface area contributed by atoms with Gasteiger partial charge in [0.25, 0.3) is 0 Å². The Balaban J connectivity index is 1.30. The van der Waals surface area contributed by atoms with E-state index in [4.69, 9.17) is 4.74 Å². The van der Waals surface area contributed by atoms with Crippen molar-refractivity contribution in [3.8, 4) is 5.75 Å². The van der Waals surface area contributed by atoms with E-state index in [1.165, 1.54) is 25.3 Å². The Labute approximate surface area is 166 Å². The lowest BCUT2D eigenvalue weighted by atomic mass is 9.53. The van der Waals surface area contributed by atoms with E-state index in [2.05, 4.69) is 10.6 Å². The number of carbonyl (C=O) groups excluding carboxylic acids is 2. The molecule has 5 heteroatoms. The smallest absolute Gasteiger partial charge is 0.244 e. The number of benzene rings is 1. The van der Waals surface area contributed by atoms with Crippen LogP contribution in [0.3, 0.4) is 0 Å². The molecule has 150 valence electrons. The number of carbonyl (C=O) groups is 2. The zero-order chi connectivity index (χ0) is 19.7. The summed E-state index contributed by atoms with van der Waals surface area (Å²) in [6.45, 7) is 1.76. The Morgan fingerprint density at radius 1 is 1.07 bits per heavy atom. The van der Waals surface area contributed by atoms with Crippen LogP contribution in [0, 0.1) is 17.8 Å². The second-order valence-electron chi connectivity index (χ2n) is 9.02. The topological polar surface area (TPSA) is 67.4 Å². The van der Waals surface area contributed by atoms with Gasteiger partial charge in [0, 0.05) is 11.6 Å². The van der Waals surface area contributed by atoms with Gasteiger partial charge >= 0.3 is 0 Å². The first-order chi connectivity index (χ1) is 13.4. The minimum Gasteiger partial charge on any atom is -0.497 e. The van der Waals surface area contributed by atoms with Crippen LogP contribution in [0.2, 0.25) is 0 Å². The first-order valence-electron chi connectivity index (χ1n) is 10.4. The molecule has 4 saturated carbocycles. The van der Waals surface area contributed by atoms with E-state index in [0.29, 0.717) is 0 Å². The maximum absolute atomic E-state index is 12.7. The van der Waals surface area contributed by atoms with Crippen molar-refractivity contribution in [1.29, 1.82) is 0 Å². The third kappa shape index (κ3) is 4.08. The van der Waals surface area contributed by atoms with Gasteiger partial charge < -0.3 is 15.4 Å². The summed E-state index contributed by atoms with van der Waals surface area (Å²) < 4.78 is 5.13. The van der Waals surface area contributed by atoms with Crippen molar-refractivity contribution >= 4 is 17.9 Å². The molecule has 1 atom stereocenters. The van der Waals surface area contributed by atoms with E-state index in [9.17, 15) is 9.59 Å². The Morgan fingerprint density at radius 3 is 2.18 bits per heavy atom. The van der Waals surface area contributed by atoms with Crippen molar-refractivity contribution < 1.29 is 14.3 Å². The van der Waals surface area contributed by atoms with Gasteiger partial charge in [-0.3, -0.25) is 9.59 Å².